The van der Waals surface area contributed by atoms with Crippen molar-refractivity contribution in [2.24, 2.45) is 11.1 Å². The first-order valence-electron chi connectivity index (χ1n) is 5.57. The first kappa shape index (κ1) is 11.2. The molecule has 0 spiro atoms. The molecule has 0 bridgehead atoms. The van der Waals surface area contributed by atoms with Gasteiger partial charge in [0.15, 0.2) is 5.78 Å². The van der Waals surface area contributed by atoms with Crippen molar-refractivity contribution in [3.63, 3.8) is 0 Å². The van der Waals surface area contributed by atoms with Gasteiger partial charge in [-0.05, 0) is 18.8 Å². The summed E-state index contributed by atoms with van der Waals surface area (Å²) in [5.74, 6) is -0.240. The normalized spacial score (nSPS) is 32.3. The number of allylic oxidation sites excluding steroid dienone is 1. The van der Waals surface area contributed by atoms with Crippen LogP contribution in [0.15, 0.2) is 11.3 Å². The Morgan fingerprint density at radius 1 is 1.25 bits per heavy atom. The molecule has 1 aliphatic carbocycles. The van der Waals surface area contributed by atoms with Crippen molar-refractivity contribution in [3.05, 3.63) is 11.3 Å². The van der Waals surface area contributed by atoms with Crippen molar-refractivity contribution in [2.45, 2.75) is 45.6 Å². The molecule has 1 aliphatic heterocycles. The summed E-state index contributed by atoms with van der Waals surface area (Å²) in [7, 11) is 0. The number of carbonyl (C=O) groups excluding carboxylic acids is 2. The van der Waals surface area contributed by atoms with Gasteiger partial charge in [0, 0.05) is 24.1 Å². The molecule has 0 saturated carbocycles. The highest BCUT2D eigenvalue weighted by molar-refractivity contribution is 6.00. The summed E-state index contributed by atoms with van der Waals surface area (Å²) in [6.07, 6.45) is 1.81. The molecule has 1 heterocycles. The molecule has 2 rings (SSSR count). The van der Waals surface area contributed by atoms with E-state index in [-0.39, 0.29) is 11.2 Å². The Balaban J connectivity index is 2.30. The summed E-state index contributed by atoms with van der Waals surface area (Å²) >= 11 is 0. The number of Topliss-reactive ketones (excluding diaryl/α,β-unsaturated/α-hetero) is 1. The van der Waals surface area contributed by atoms with Crippen LogP contribution in [0.2, 0.25) is 0 Å². The van der Waals surface area contributed by atoms with Crippen molar-refractivity contribution < 1.29 is 9.59 Å². The first-order chi connectivity index (χ1) is 7.23. The van der Waals surface area contributed by atoms with Crippen molar-refractivity contribution in [1.82, 2.24) is 5.32 Å². The minimum absolute atomic E-state index is 0.0220. The Bertz CT molecular complexity index is 409. The smallest absolute Gasteiger partial charge is 0.243 e. The lowest BCUT2D eigenvalue weighted by Gasteiger charge is -2.30. The molecule has 0 saturated heterocycles. The van der Waals surface area contributed by atoms with Crippen LogP contribution in [-0.4, -0.2) is 17.2 Å². The van der Waals surface area contributed by atoms with E-state index in [1.165, 1.54) is 0 Å². The van der Waals surface area contributed by atoms with Crippen LogP contribution in [0, 0.1) is 5.41 Å². The lowest BCUT2D eigenvalue weighted by molar-refractivity contribution is -0.123. The third kappa shape index (κ3) is 1.62. The summed E-state index contributed by atoms with van der Waals surface area (Å²) in [5, 5.41) is 3.14. The zero-order valence-electron chi connectivity index (χ0n) is 10.0. The second-order valence-corrected chi connectivity index (χ2v) is 5.90. The van der Waals surface area contributed by atoms with Gasteiger partial charge in [0.2, 0.25) is 5.91 Å². The topological polar surface area (TPSA) is 72.2 Å². The number of primary amides is 1. The third-order valence-electron chi connectivity index (χ3n) is 3.50. The molecule has 2 aliphatic rings. The number of amides is 1. The number of nitrogens with one attached hydrogen (secondary N) is 1. The number of hydrogen-bond donors (Lipinski definition) is 2. The van der Waals surface area contributed by atoms with Crippen molar-refractivity contribution in [1.29, 1.82) is 0 Å². The van der Waals surface area contributed by atoms with Crippen LogP contribution >= 0.6 is 0 Å². The van der Waals surface area contributed by atoms with E-state index in [0.717, 1.165) is 17.7 Å². The Hall–Kier alpha value is -1.32. The van der Waals surface area contributed by atoms with Gasteiger partial charge in [-0.25, -0.2) is 0 Å². The number of rotatable bonds is 1. The Labute approximate surface area is 95.3 Å². The number of ketones is 1. The summed E-state index contributed by atoms with van der Waals surface area (Å²) in [5.41, 5.74) is 6.26. The second kappa shape index (κ2) is 3.09. The fraction of sp³-hybridized carbons (Fsp3) is 0.667. The third-order valence-corrected chi connectivity index (χ3v) is 3.50. The van der Waals surface area contributed by atoms with E-state index in [9.17, 15) is 9.59 Å². The molecule has 1 amide bonds. The fourth-order valence-corrected chi connectivity index (χ4v) is 2.56. The maximum atomic E-state index is 12.0. The number of nitrogens with two attached hydrogens (primary N) is 1. The van der Waals surface area contributed by atoms with Crippen LogP contribution in [0.25, 0.3) is 0 Å². The van der Waals surface area contributed by atoms with Crippen molar-refractivity contribution in [2.75, 3.05) is 0 Å². The quantitative estimate of drug-likeness (QED) is 0.691. The van der Waals surface area contributed by atoms with Crippen LogP contribution in [0.1, 0.15) is 40.0 Å². The summed E-state index contributed by atoms with van der Waals surface area (Å²) in [6, 6.07) is 0. The van der Waals surface area contributed by atoms with Gasteiger partial charge in [-0.1, -0.05) is 13.8 Å². The van der Waals surface area contributed by atoms with E-state index in [0.29, 0.717) is 12.8 Å². The van der Waals surface area contributed by atoms with E-state index >= 15 is 0 Å². The minimum atomic E-state index is -0.777. The molecule has 0 fully saturated rings. The lowest BCUT2D eigenvalue weighted by atomic mass is 9.76. The first-order valence-corrected chi connectivity index (χ1v) is 5.57. The molecule has 4 nitrogen and oxygen atoms in total. The minimum Gasteiger partial charge on any atom is -0.374 e. The molecule has 1 atom stereocenters. The predicted octanol–water partition coefficient (Wildman–Crippen LogP) is 0.867. The van der Waals surface area contributed by atoms with Gasteiger partial charge < -0.3 is 11.1 Å². The van der Waals surface area contributed by atoms with Crippen LogP contribution in [-0.2, 0) is 9.59 Å². The van der Waals surface area contributed by atoms with E-state index in [2.05, 4.69) is 19.2 Å². The van der Waals surface area contributed by atoms with Gasteiger partial charge >= 0.3 is 0 Å². The summed E-state index contributed by atoms with van der Waals surface area (Å²) in [4.78, 5) is 23.3. The standard InChI is InChI=1S/C12H18N2O2/c1-11(2)5-8-7(9(15)6-11)4-12(3,14-8)10(13)16/h14H,4-6H2,1-3H3,(H2,13,16). The lowest BCUT2D eigenvalue weighted by Crippen LogP contribution is -2.49. The van der Waals surface area contributed by atoms with Crippen LogP contribution in [0.3, 0.4) is 0 Å². The molecule has 1 unspecified atom stereocenters. The van der Waals surface area contributed by atoms with Gasteiger partial charge in [0.05, 0.1) is 0 Å². The van der Waals surface area contributed by atoms with E-state index in [1.54, 1.807) is 6.92 Å². The van der Waals surface area contributed by atoms with Crippen LogP contribution in [0.5, 0.6) is 0 Å². The maximum absolute atomic E-state index is 12.0. The van der Waals surface area contributed by atoms with Gasteiger partial charge in [-0.15, -0.1) is 0 Å². The van der Waals surface area contributed by atoms with Crippen LogP contribution < -0.4 is 11.1 Å². The van der Waals surface area contributed by atoms with Crippen LogP contribution in [0.4, 0.5) is 0 Å². The molecule has 4 heteroatoms. The molecule has 0 aromatic heterocycles. The van der Waals surface area contributed by atoms with Gasteiger partial charge in [-0.3, -0.25) is 9.59 Å². The maximum Gasteiger partial charge on any atom is 0.243 e. The fourth-order valence-electron chi connectivity index (χ4n) is 2.56. The zero-order valence-corrected chi connectivity index (χ0v) is 10.0. The SMILES string of the molecule is CC1(C)CC(=O)C2=C(C1)NC(C)(C(N)=O)C2. The summed E-state index contributed by atoms with van der Waals surface area (Å²) < 4.78 is 0. The van der Waals surface area contributed by atoms with E-state index in [4.69, 9.17) is 5.73 Å². The van der Waals surface area contributed by atoms with Gasteiger partial charge in [0.25, 0.3) is 0 Å². The number of hydrogen-bond acceptors (Lipinski definition) is 3. The molecule has 3 N–H and O–H groups in total. The monoisotopic (exact) mass is 222 g/mol. The molecule has 0 aromatic carbocycles. The second-order valence-electron chi connectivity index (χ2n) is 5.90. The molecular weight excluding hydrogens is 204 g/mol. The number of carbonyl (C=O) groups is 2. The van der Waals surface area contributed by atoms with Crippen molar-refractivity contribution in [3.8, 4) is 0 Å². The highest BCUT2D eigenvalue weighted by Gasteiger charge is 2.45. The van der Waals surface area contributed by atoms with Gasteiger partial charge in [-0.2, -0.15) is 0 Å². The van der Waals surface area contributed by atoms with E-state index in [1.807, 2.05) is 0 Å². The zero-order chi connectivity index (χ0) is 12.1. The molecule has 0 aromatic rings. The van der Waals surface area contributed by atoms with Crippen molar-refractivity contribution >= 4 is 11.7 Å². The summed E-state index contributed by atoms with van der Waals surface area (Å²) in [6.45, 7) is 5.89. The molecule has 88 valence electrons. The Morgan fingerprint density at radius 2 is 1.88 bits per heavy atom. The molecular formula is C12H18N2O2. The molecule has 16 heavy (non-hydrogen) atoms. The molecule has 0 radical (unpaired) electrons. The van der Waals surface area contributed by atoms with E-state index < -0.39 is 11.4 Å². The van der Waals surface area contributed by atoms with Gasteiger partial charge in [0.1, 0.15) is 5.54 Å². The Morgan fingerprint density at radius 3 is 2.44 bits per heavy atom. The largest absolute Gasteiger partial charge is 0.374 e. The highest BCUT2D eigenvalue weighted by atomic mass is 16.1. The highest BCUT2D eigenvalue weighted by Crippen LogP contribution is 2.42. The average Bonchev–Trinajstić information content (AvgIpc) is 2.41. The average molecular weight is 222 g/mol. The Kier molecular flexibility index (Phi) is 2.16. The predicted molar refractivity (Wildman–Crippen MR) is 60.4 cm³/mol.